The minimum Gasteiger partial charge on any atom is -0.353 e. The van der Waals surface area contributed by atoms with Crippen LogP contribution in [-0.2, 0) is 10.2 Å². The molecule has 5 saturated carbocycles. The van der Waals surface area contributed by atoms with Gasteiger partial charge in [0.25, 0.3) is 0 Å². The molecule has 0 spiro atoms. The SMILES string of the molecule is C[C@]12CC3CC(C(=O)NC4CCC(CN)CC4)(C1)C[C@@](c1ccccc1)(C3)C2. The molecule has 5 aliphatic rings. The molecule has 5 fully saturated rings. The third-order valence-electron chi connectivity index (χ3n) is 8.73. The van der Waals surface area contributed by atoms with Crippen molar-refractivity contribution in [1.82, 2.24) is 5.32 Å². The highest BCUT2D eigenvalue weighted by atomic mass is 16.2. The van der Waals surface area contributed by atoms with Crippen molar-refractivity contribution in [3.63, 3.8) is 0 Å². The van der Waals surface area contributed by atoms with Gasteiger partial charge in [0.05, 0.1) is 5.41 Å². The molecule has 0 heterocycles. The maximum atomic E-state index is 13.7. The molecule has 1 aromatic carbocycles. The zero-order valence-electron chi connectivity index (χ0n) is 17.4. The fourth-order valence-electron chi connectivity index (χ4n) is 8.17. The molecule has 0 saturated heterocycles. The van der Waals surface area contributed by atoms with Crippen LogP contribution in [0.25, 0.3) is 0 Å². The van der Waals surface area contributed by atoms with Crippen molar-refractivity contribution in [2.24, 2.45) is 28.4 Å². The zero-order valence-corrected chi connectivity index (χ0v) is 17.4. The molecule has 1 aromatic rings. The Hall–Kier alpha value is -1.35. The largest absolute Gasteiger partial charge is 0.353 e. The molecular weight excluding hydrogens is 344 g/mol. The minimum absolute atomic E-state index is 0.144. The highest BCUT2D eigenvalue weighted by Gasteiger charge is 2.64. The molecule has 3 nitrogen and oxygen atoms in total. The van der Waals surface area contributed by atoms with Crippen LogP contribution in [0, 0.1) is 22.7 Å². The van der Waals surface area contributed by atoms with Crippen molar-refractivity contribution in [2.45, 2.75) is 82.6 Å². The standard InChI is InChI=1S/C25H36N2O/c1-23-11-19-12-24(15-23,20-5-3-2-4-6-20)17-25(13-19,16-23)22(28)27-21-9-7-18(14-26)8-10-21/h2-6,18-19,21H,7-17,26H2,1H3,(H,27,28)/t18?,19?,21?,23-,24-,25?/m1/s1. The second-order valence-electron chi connectivity index (χ2n) is 11.2. The summed E-state index contributed by atoms with van der Waals surface area (Å²) in [6.07, 6.45) is 11.7. The molecule has 6 rings (SSSR count). The topological polar surface area (TPSA) is 55.1 Å². The monoisotopic (exact) mass is 380 g/mol. The maximum absolute atomic E-state index is 13.7. The fraction of sp³-hybridized carbons (Fsp3) is 0.720. The van der Waals surface area contributed by atoms with Crippen LogP contribution in [0.3, 0.4) is 0 Å². The molecule has 4 bridgehead atoms. The minimum atomic E-state index is -0.144. The Morgan fingerprint density at radius 3 is 2.46 bits per heavy atom. The molecule has 0 aliphatic heterocycles. The van der Waals surface area contributed by atoms with Gasteiger partial charge in [0, 0.05) is 6.04 Å². The van der Waals surface area contributed by atoms with Crippen LogP contribution in [-0.4, -0.2) is 18.5 Å². The lowest BCUT2D eigenvalue weighted by Gasteiger charge is -2.65. The van der Waals surface area contributed by atoms with E-state index in [0.717, 1.165) is 38.6 Å². The number of nitrogens with two attached hydrogens (primary N) is 1. The Morgan fingerprint density at radius 2 is 1.79 bits per heavy atom. The number of carbonyl (C=O) groups is 1. The van der Waals surface area contributed by atoms with E-state index in [1.165, 1.54) is 37.7 Å². The smallest absolute Gasteiger partial charge is 0.226 e. The molecule has 2 unspecified atom stereocenters. The van der Waals surface area contributed by atoms with Crippen molar-refractivity contribution in [3.8, 4) is 0 Å². The molecule has 3 heteroatoms. The molecular formula is C25H36N2O. The van der Waals surface area contributed by atoms with Gasteiger partial charge in [0.1, 0.15) is 0 Å². The number of hydrogen-bond acceptors (Lipinski definition) is 2. The first-order chi connectivity index (χ1) is 13.4. The van der Waals surface area contributed by atoms with Crippen LogP contribution in [0.2, 0.25) is 0 Å². The van der Waals surface area contributed by atoms with E-state index in [9.17, 15) is 4.79 Å². The highest BCUT2D eigenvalue weighted by molar-refractivity contribution is 5.84. The normalized spacial score (nSPS) is 44.4. The summed E-state index contributed by atoms with van der Waals surface area (Å²) >= 11 is 0. The lowest BCUT2D eigenvalue weighted by molar-refractivity contribution is -0.161. The molecule has 152 valence electrons. The Labute approximate surface area is 169 Å². The van der Waals surface area contributed by atoms with Gasteiger partial charge in [0.15, 0.2) is 0 Å². The summed E-state index contributed by atoms with van der Waals surface area (Å²) in [5.74, 6) is 1.74. The molecule has 28 heavy (non-hydrogen) atoms. The highest BCUT2D eigenvalue weighted by Crippen LogP contribution is 2.70. The van der Waals surface area contributed by atoms with Crippen LogP contribution in [0.5, 0.6) is 0 Å². The van der Waals surface area contributed by atoms with Crippen LogP contribution in [0.1, 0.15) is 76.7 Å². The average molecular weight is 381 g/mol. The number of rotatable bonds is 4. The summed E-state index contributed by atoms with van der Waals surface area (Å²) in [6, 6.07) is 11.5. The molecule has 0 radical (unpaired) electrons. The van der Waals surface area contributed by atoms with E-state index in [1.807, 2.05) is 0 Å². The fourth-order valence-corrected chi connectivity index (χ4v) is 8.17. The van der Waals surface area contributed by atoms with Gasteiger partial charge < -0.3 is 11.1 Å². The number of nitrogens with one attached hydrogen (secondary N) is 1. The summed E-state index contributed by atoms with van der Waals surface area (Å²) < 4.78 is 0. The number of hydrogen-bond donors (Lipinski definition) is 2. The van der Waals surface area contributed by atoms with Gasteiger partial charge in [-0.2, -0.15) is 0 Å². The Balaban J connectivity index is 1.39. The van der Waals surface area contributed by atoms with Gasteiger partial charge in [0.2, 0.25) is 5.91 Å². The van der Waals surface area contributed by atoms with E-state index in [0.29, 0.717) is 29.2 Å². The van der Waals surface area contributed by atoms with Gasteiger partial charge >= 0.3 is 0 Å². The van der Waals surface area contributed by atoms with E-state index in [1.54, 1.807) is 0 Å². The van der Waals surface area contributed by atoms with Crippen LogP contribution in [0.15, 0.2) is 30.3 Å². The number of amides is 1. The van der Waals surface area contributed by atoms with Crippen molar-refractivity contribution in [3.05, 3.63) is 35.9 Å². The number of benzene rings is 1. The first-order valence-corrected chi connectivity index (χ1v) is 11.5. The van der Waals surface area contributed by atoms with E-state index in [4.69, 9.17) is 5.73 Å². The summed E-state index contributed by atoms with van der Waals surface area (Å²) in [5.41, 5.74) is 7.72. The predicted molar refractivity (Wildman–Crippen MR) is 113 cm³/mol. The van der Waals surface area contributed by atoms with Crippen molar-refractivity contribution < 1.29 is 4.79 Å². The second kappa shape index (κ2) is 6.58. The van der Waals surface area contributed by atoms with E-state index in [-0.39, 0.29) is 10.8 Å². The van der Waals surface area contributed by atoms with Crippen molar-refractivity contribution in [2.75, 3.05) is 6.54 Å². The molecule has 0 aromatic heterocycles. The van der Waals surface area contributed by atoms with Crippen LogP contribution < -0.4 is 11.1 Å². The van der Waals surface area contributed by atoms with Crippen molar-refractivity contribution in [1.29, 1.82) is 0 Å². The van der Waals surface area contributed by atoms with E-state index in [2.05, 4.69) is 42.6 Å². The Bertz CT molecular complexity index is 740. The van der Waals surface area contributed by atoms with Crippen LogP contribution >= 0.6 is 0 Å². The first-order valence-electron chi connectivity index (χ1n) is 11.5. The average Bonchev–Trinajstić information content (AvgIpc) is 2.67. The van der Waals surface area contributed by atoms with Gasteiger partial charge in [-0.1, -0.05) is 37.3 Å². The van der Waals surface area contributed by atoms with Gasteiger partial charge in [-0.15, -0.1) is 0 Å². The maximum Gasteiger partial charge on any atom is 0.226 e. The third-order valence-corrected chi connectivity index (χ3v) is 8.73. The second-order valence-corrected chi connectivity index (χ2v) is 11.2. The summed E-state index contributed by atoms with van der Waals surface area (Å²) in [7, 11) is 0. The Morgan fingerprint density at radius 1 is 1.04 bits per heavy atom. The first kappa shape index (κ1) is 18.7. The van der Waals surface area contributed by atoms with Gasteiger partial charge in [-0.3, -0.25) is 4.79 Å². The quantitative estimate of drug-likeness (QED) is 0.805. The predicted octanol–water partition coefficient (Wildman–Crippen LogP) is 4.55. The van der Waals surface area contributed by atoms with E-state index >= 15 is 0 Å². The van der Waals surface area contributed by atoms with Gasteiger partial charge in [-0.05, 0) is 99.0 Å². The lowest BCUT2D eigenvalue weighted by Crippen LogP contribution is -2.62. The Kier molecular flexibility index (Phi) is 4.39. The molecule has 4 atom stereocenters. The lowest BCUT2D eigenvalue weighted by atomic mass is 9.38. The summed E-state index contributed by atoms with van der Waals surface area (Å²) in [4.78, 5) is 13.7. The van der Waals surface area contributed by atoms with Gasteiger partial charge in [-0.25, -0.2) is 0 Å². The molecule has 1 amide bonds. The van der Waals surface area contributed by atoms with E-state index < -0.39 is 0 Å². The third kappa shape index (κ3) is 3.01. The zero-order chi connectivity index (χ0) is 19.4. The van der Waals surface area contributed by atoms with Crippen molar-refractivity contribution >= 4 is 5.91 Å². The number of carbonyl (C=O) groups excluding carboxylic acids is 1. The summed E-state index contributed by atoms with van der Waals surface area (Å²) in [5, 5.41) is 3.53. The molecule has 5 aliphatic carbocycles. The molecule has 3 N–H and O–H groups in total. The summed E-state index contributed by atoms with van der Waals surface area (Å²) in [6.45, 7) is 3.26. The van der Waals surface area contributed by atoms with Crippen LogP contribution in [0.4, 0.5) is 0 Å².